The summed E-state index contributed by atoms with van der Waals surface area (Å²) in [6, 6.07) is 6.68. The number of halogens is 2. The van der Waals surface area contributed by atoms with Crippen molar-refractivity contribution in [3.05, 3.63) is 54.1 Å². The number of fused-ring (bicyclic) bond motifs is 3. The zero-order valence-electron chi connectivity index (χ0n) is 21.6. The van der Waals surface area contributed by atoms with Crippen molar-refractivity contribution in [1.82, 2.24) is 24.5 Å². The van der Waals surface area contributed by atoms with E-state index in [9.17, 15) is 9.18 Å². The SMILES string of the molecule is CC1(C)CCc2nc3c(F)cc(-c4nc(Nc5ccc(N6CCC(OC(N)=O)CC6)cn5)ncc4F)cc3n21. The molecule has 0 saturated carbocycles. The van der Waals surface area contributed by atoms with Gasteiger partial charge in [-0.25, -0.2) is 33.5 Å². The highest BCUT2D eigenvalue weighted by Crippen LogP contribution is 2.38. The zero-order chi connectivity index (χ0) is 27.3. The smallest absolute Gasteiger partial charge is 0.404 e. The Labute approximate surface area is 223 Å². The van der Waals surface area contributed by atoms with Crippen molar-refractivity contribution in [2.45, 2.75) is 51.2 Å². The maximum atomic E-state index is 15.1. The van der Waals surface area contributed by atoms with Crippen LogP contribution in [-0.4, -0.2) is 49.8 Å². The topological polar surface area (TPSA) is 124 Å². The minimum absolute atomic E-state index is 0.0164. The molecule has 39 heavy (non-hydrogen) atoms. The number of ether oxygens (including phenoxy) is 1. The number of pyridine rings is 1. The van der Waals surface area contributed by atoms with Gasteiger partial charge in [-0.15, -0.1) is 0 Å². The summed E-state index contributed by atoms with van der Waals surface area (Å²) in [5, 5.41) is 3.00. The molecule has 6 rings (SSSR count). The Balaban J connectivity index is 1.22. The molecule has 5 heterocycles. The minimum Gasteiger partial charge on any atom is -0.446 e. The molecule has 2 aliphatic rings. The lowest BCUT2D eigenvalue weighted by atomic mass is 10.0. The summed E-state index contributed by atoms with van der Waals surface area (Å²) in [6.45, 7) is 5.58. The molecule has 0 aliphatic carbocycles. The molecule has 0 bridgehead atoms. The van der Waals surface area contributed by atoms with Crippen LogP contribution in [0.4, 0.5) is 31.0 Å². The van der Waals surface area contributed by atoms with Gasteiger partial charge in [-0.1, -0.05) is 0 Å². The van der Waals surface area contributed by atoms with Gasteiger partial charge in [0.05, 0.1) is 23.6 Å². The minimum atomic E-state index is -0.753. The first kappa shape index (κ1) is 25.0. The normalized spacial score (nSPS) is 16.9. The van der Waals surface area contributed by atoms with Crippen LogP contribution in [0, 0.1) is 11.6 Å². The summed E-state index contributed by atoms with van der Waals surface area (Å²) < 4.78 is 37.1. The van der Waals surface area contributed by atoms with Crippen molar-refractivity contribution in [3.63, 3.8) is 0 Å². The number of hydrogen-bond acceptors (Lipinski definition) is 8. The fraction of sp³-hybridized carbons (Fsp3) is 0.370. The number of carbonyl (C=O) groups is 1. The summed E-state index contributed by atoms with van der Waals surface area (Å²) in [7, 11) is 0. The summed E-state index contributed by atoms with van der Waals surface area (Å²) in [4.78, 5) is 30.4. The quantitative estimate of drug-likeness (QED) is 0.379. The Morgan fingerprint density at radius 2 is 1.90 bits per heavy atom. The van der Waals surface area contributed by atoms with Crippen molar-refractivity contribution >= 4 is 34.6 Å². The third-order valence-electron chi connectivity index (χ3n) is 7.44. The molecular formula is C27H28F2N8O2. The molecule has 1 saturated heterocycles. The van der Waals surface area contributed by atoms with Gasteiger partial charge >= 0.3 is 6.09 Å². The van der Waals surface area contributed by atoms with Crippen molar-refractivity contribution in [3.8, 4) is 11.3 Å². The highest BCUT2D eigenvalue weighted by molar-refractivity contribution is 5.83. The number of hydrogen-bond donors (Lipinski definition) is 2. The fourth-order valence-electron chi connectivity index (χ4n) is 5.48. The van der Waals surface area contributed by atoms with Gasteiger partial charge in [0.2, 0.25) is 5.95 Å². The van der Waals surface area contributed by atoms with Crippen molar-refractivity contribution in [2.24, 2.45) is 5.73 Å². The van der Waals surface area contributed by atoms with Crippen LogP contribution in [0.25, 0.3) is 22.3 Å². The number of carbonyl (C=O) groups excluding carboxylic acids is 1. The Hall–Kier alpha value is -4.35. The number of aryl methyl sites for hydroxylation is 1. The molecule has 1 amide bonds. The molecule has 1 fully saturated rings. The molecular weight excluding hydrogens is 506 g/mol. The largest absolute Gasteiger partial charge is 0.446 e. The van der Waals surface area contributed by atoms with Crippen LogP contribution in [0.5, 0.6) is 0 Å². The molecule has 202 valence electrons. The molecule has 3 N–H and O–H groups in total. The lowest BCUT2D eigenvalue weighted by Gasteiger charge is -2.32. The second kappa shape index (κ2) is 9.44. The van der Waals surface area contributed by atoms with E-state index in [0.29, 0.717) is 42.8 Å². The van der Waals surface area contributed by atoms with Gasteiger partial charge < -0.3 is 25.3 Å². The first-order chi connectivity index (χ1) is 18.7. The predicted molar refractivity (Wildman–Crippen MR) is 142 cm³/mol. The van der Waals surface area contributed by atoms with E-state index in [4.69, 9.17) is 10.5 Å². The molecule has 0 spiro atoms. The van der Waals surface area contributed by atoms with E-state index in [-0.39, 0.29) is 28.8 Å². The highest BCUT2D eigenvalue weighted by Gasteiger charge is 2.33. The predicted octanol–water partition coefficient (Wildman–Crippen LogP) is 4.66. The molecule has 4 aromatic rings. The fourth-order valence-corrected chi connectivity index (χ4v) is 5.48. The van der Waals surface area contributed by atoms with Crippen LogP contribution in [0.1, 0.15) is 38.9 Å². The number of imidazole rings is 1. The van der Waals surface area contributed by atoms with Gasteiger partial charge in [0.1, 0.15) is 29.0 Å². The number of piperidine rings is 1. The molecule has 3 aromatic heterocycles. The summed E-state index contributed by atoms with van der Waals surface area (Å²) >= 11 is 0. The van der Waals surface area contributed by atoms with Crippen molar-refractivity contribution < 1.29 is 18.3 Å². The van der Waals surface area contributed by atoms with Crippen LogP contribution < -0.4 is 16.0 Å². The number of nitrogens with one attached hydrogen (secondary N) is 1. The number of nitrogens with two attached hydrogens (primary N) is 1. The van der Waals surface area contributed by atoms with Gasteiger partial charge in [-0.05, 0) is 44.5 Å². The Morgan fingerprint density at radius 1 is 1.10 bits per heavy atom. The average molecular weight is 535 g/mol. The lowest BCUT2D eigenvalue weighted by Crippen LogP contribution is -2.38. The number of nitrogens with zero attached hydrogens (tertiary/aromatic N) is 6. The van der Waals surface area contributed by atoms with E-state index in [2.05, 4.69) is 44.0 Å². The Morgan fingerprint density at radius 3 is 2.62 bits per heavy atom. The van der Waals surface area contributed by atoms with Gasteiger partial charge in [-0.3, -0.25) is 0 Å². The summed E-state index contributed by atoms with van der Waals surface area (Å²) in [5.74, 6) is 0.257. The van der Waals surface area contributed by atoms with Crippen LogP contribution in [-0.2, 0) is 16.7 Å². The Bertz CT molecular complexity index is 1560. The summed E-state index contributed by atoms with van der Waals surface area (Å²) in [5.41, 5.74) is 7.01. The van der Waals surface area contributed by atoms with E-state index in [1.54, 1.807) is 18.3 Å². The molecule has 10 nitrogen and oxygen atoms in total. The van der Waals surface area contributed by atoms with Crippen LogP contribution in [0.2, 0.25) is 0 Å². The van der Waals surface area contributed by atoms with Crippen LogP contribution in [0.3, 0.4) is 0 Å². The van der Waals surface area contributed by atoms with E-state index in [0.717, 1.165) is 30.6 Å². The highest BCUT2D eigenvalue weighted by atomic mass is 19.1. The standard InChI is InChI=1S/C27H28F2N8O2/c1-27(2)8-5-22-34-24-18(28)11-15(12-20(24)37(22)27)23-19(29)14-32-26(35-23)33-21-4-3-16(13-31-21)36-9-6-17(7-10-36)39-25(30)38/h3-4,11-14,17H,5-10H2,1-2H3,(H2,30,38)(H,31,32,33,35). The lowest BCUT2D eigenvalue weighted by molar-refractivity contribution is 0.0912. The number of benzene rings is 1. The second-order valence-corrected chi connectivity index (χ2v) is 10.5. The second-order valence-electron chi connectivity index (χ2n) is 10.5. The first-order valence-corrected chi connectivity index (χ1v) is 12.9. The monoisotopic (exact) mass is 534 g/mol. The summed E-state index contributed by atoms with van der Waals surface area (Å²) in [6.07, 6.45) is 4.88. The van der Waals surface area contributed by atoms with Crippen molar-refractivity contribution in [1.29, 1.82) is 0 Å². The molecule has 12 heteroatoms. The van der Waals surface area contributed by atoms with Gasteiger partial charge in [0.15, 0.2) is 11.6 Å². The maximum absolute atomic E-state index is 15.1. The van der Waals surface area contributed by atoms with E-state index < -0.39 is 17.7 Å². The van der Waals surface area contributed by atoms with Crippen LogP contribution >= 0.6 is 0 Å². The van der Waals surface area contributed by atoms with Crippen molar-refractivity contribution in [2.75, 3.05) is 23.3 Å². The number of anilines is 3. The third-order valence-corrected chi connectivity index (χ3v) is 7.44. The zero-order valence-corrected chi connectivity index (χ0v) is 21.6. The molecule has 1 aromatic carbocycles. The number of primary amides is 1. The number of aromatic nitrogens is 5. The Kier molecular flexibility index (Phi) is 6.04. The van der Waals surface area contributed by atoms with E-state index in [1.807, 2.05) is 10.6 Å². The first-order valence-electron chi connectivity index (χ1n) is 12.9. The molecule has 0 atom stereocenters. The van der Waals surface area contributed by atoms with E-state index in [1.165, 1.54) is 6.07 Å². The maximum Gasteiger partial charge on any atom is 0.404 e. The van der Waals surface area contributed by atoms with Gasteiger partial charge in [0, 0.05) is 43.5 Å². The molecule has 0 unspecified atom stereocenters. The molecule has 2 aliphatic heterocycles. The number of amides is 1. The average Bonchev–Trinajstić information content (AvgIpc) is 3.43. The van der Waals surface area contributed by atoms with Gasteiger partial charge in [-0.2, -0.15) is 0 Å². The van der Waals surface area contributed by atoms with Crippen LogP contribution in [0.15, 0.2) is 36.7 Å². The van der Waals surface area contributed by atoms with Gasteiger partial charge in [0.25, 0.3) is 0 Å². The third kappa shape index (κ3) is 4.70. The van der Waals surface area contributed by atoms with E-state index >= 15 is 4.39 Å². The number of rotatable bonds is 5. The molecule has 0 radical (unpaired) electrons.